The molecule has 0 N–H and O–H groups in total. The number of likely N-dealkylation sites (N-methyl/N-ethyl adjacent to an activating group) is 1. The lowest BCUT2D eigenvalue weighted by atomic mass is 10.0. The van der Waals surface area contributed by atoms with E-state index < -0.39 is 24.3 Å². The Bertz CT molecular complexity index is 1510. The van der Waals surface area contributed by atoms with Gasteiger partial charge in [-0.2, -0.15) is 0 Å². The van der Waals surface area contributed by atoms with E-state index in [4.69, 9.17) is 18.9 Å². The van der Waals surface area contributed by atoms with Crippen molar-refractivity contribution in [1.82, 2.24) is 0 Å². The van der Waals surface area contributed by atoms with Crippen molar-refractivity contribution in [3.63, 3.8) is 0 Å². The molecule has 70 heavy (non-hydrogen) atoms. The molecule has 0 amide bonds. The summed E-state index contributed by atoms with van der Waals surface area (Å²) in [4.78, 5) is 37.1. The molecule has 0 radical (unpaired) electrons. The van der Waals surface area contributed by atoms with Crippen molar-refractivity contribution >= 4 is 17.9 Å². The number of hydrogen-bond acceptors (Lipinski definition) is 8. The molecule has 0 heterocycles. The van der Waals surface area contributed by atoms with Crippen molar-refractivity contribution in [1.29, 1.82) is 0 Å². The summed E-state index contributed by atoms with van der Waals surface area (Å²) in [5.74, 6) is -2.32. The number of nitrogens with zero attached hydrogens (tertiary/aromatic N) is 1. The number of ether oxygens (including phenoxy) is 4. The van der Waals surface area contributed by atoms with E-state index in [9.17, 15) is 19.5 Å². The van der Waals surface area contributed by atoms with E-state index in [1.807, 2.05) is 21.1 Å². The molecule has 2 unspecified atom stereocenters. The maximum atomic E-state index is 12.8. The normalized spacial score (nSPS) is 13.7. The number of carboxylic acids is 1. The average molecular weight is 976 g/mol. The first-order valence-electron chi connectivity index (χ1n) is 27.5. The summed E-state index contributed by atoms with van der Waals surface area (Å²) in [7, 11) is 5.90. The first-order chi connectivity index (χ1) is 34.1. The summed E-state index contributed by atoms with van der Waals surface area (Å²) in [5.41, 5.74) is 0. The highest BCUT2D eigenvalue weighted by Crippen LogP contribution is 2.14. The molecule has 0 aliphatic carbocycles. The van der Waals surface area contributed by atoms with Crippen LogP contribution in [0.5, 0.6) is 0 Å². The minimum absolute atomic E-state index is 0.141. The summed E-state index contributed by atoms with van der Waals surface area (Å²) >= 11 is 0. The Morgan fingerprint density at radius 1 is 0.443 bits per heavy atom. The number of hydrogen-bond donors (Lipinski definition) is 0. The van der Waals surface area contributed by atoms with Crippen LogP contribution in [0.2, 0.25) is 0 Å². The third-order valence-electron chi connectivity index (χ3n) is 11.2. The summed E-state index contributed by atoms with van der Waals surface area (Å²) in [6.07, 6.45) is 67.2. The maximum absolute atomic E-state index is 12.8. The molecule has 0 saturated carbocycles. The highest BCUT2D eigenvalue weighted by molar-refractivity contribution is 5.70. The fourth-order valence-electron chi connectivity index (χ4n) is 7.02. The average Bonchev–Trinajstić information content (AvgIpc) is 3.33. The Morgan fingerprint density at radius 3 is 1.23 bits per heavy atom. The number of allylic oxidation sites excluding steroid dienone is 18. The van der Waals surface area contributed by atoms with Crippen LogP contribution in [0.1, 0.15) is 200 Å². The van der Waals surface area contributed by atoms with E-state index in [0.717, 1.165) is 122 Å². The monoisotopic (exact) mass is 976 g/mol. The van der Waals surface area contributed by atoms with Crippen LogP contribution in [0.15, 0.2) is 109 Å². The lowest BCUT2D eigenvalue weighted by Gasteiger charge is -2.26. The molecule has 0 fully saturated rings. The summed E-state index contributed by atoms with van der Waals surface area (Å²) < 4.78 is 22.6. The maximum Gasteiger partial charge on any atom is 0.306 e. The Kier molecular flexibility index (Phi) is 48.3. The van der Waals surface area contributed by atoms with Crippen molar-refractivity contribution in [3.8, 4) is 0 Å². The Morgan fingerprint density at radius 2 is 0.814 bits per heavy atom. The summed E-state index contributed by atoms with van der Waals surface area (Å²) in [5, 5.41) is 11.7. The van der Waals surface area contributed by atoms with Crippen LogP contribution in [0.3, 0.4) is 0 Å². The van der Waals surface area contributed by atoms with Crippen LogP contribution < -0.4 is 5.11 Å². The number of carbonyl (C=O) groups is 3. The molecule has 0 aromatic rings. The number of rotatable bonds is 49. The lowest BCUT2D eigenvalue weighted by molar-refractivity contribution is -0.870. The van der Waals surface area contributed by atoms with E-state index in [0.29, 0.717) is 17.4 Å². The van der Waals surface area contributed by atoms with Gasteiger partial charge in [0.1, 0.15) is 13.2 Å². The molecular formula is C61H101NO8. The molecule has 0 rings (SSSR count). The van der Waals surface area contributed by atoms with Crippen LogP contribution in [0.4, 0.5) is 0 Å². The Balaban J connectivity index is 4.15. The number of aliphatic carboxylic acids is 1. The molecule has 0 aliphatic heterocycles. The second kappa shape index (κ2) is 51.3. The fraction of sp³-hybridized carbons (Fsp3) is 0.656. The van der Waals surface area contributed by atoms with Crippen LogP contribution >= 0.6 is 0 Å². The van der Waals surface area contributed by atoms with Gasteiger partial charge in [-0.25, -0.2) is 0 Å². The smallest absolute Gasteiger partial charge is 0.306 e. The zero-order chi connectivity index (χ0) is 51.3. The Hall–Kier alpha value is -4.05. The molecule has 0 bridgehead atoms. The Labute approximate surface area is 428 Å². The first-order valence-corrected chi connectivity index (χ1v) is 27.5. The van der Waals surface area contributed by atoms with E-state index in [2.05, 4.69) is 123 Å². The van der Waals surface area contributed by atoms with Crippen molar-refractivity contribution < 1.29 is 42.9 Å². The predicted octanol–water partition coefficient (Wildman–Crippen LogP) is 14.6. The molecule has 0 aliphatic rings. The van der Waals surface area contributed by atoms with E-state index in [-0.39, 0.29) is 38.6 Å². The van der Waals surface area contributed by atoms with Gasteiger partial charge < -0.3 is 33.3 Å². The largest absolute Gasteiger partial charge is 0.545 e. The second-order valence-electron chi connectivity index (χ2n) is 19.1. The van der Waals surface area contributed by atoms with Crippen molar-refractivity contribution in [2.45, 2.75) is 212 Å². The SMILES string of the molecule is CC/C=C\C/C=C\C/C=C\C/C=C\C/C=C\C/C=C\C/C=C\C/C=C\CCCCCCCCCCCCC(=O)OC(COC(=O)CCCCCCC/C=C\CCC)COC(OCC[N+](C)(C)C)C(=O)[O-]. The van der Waals surface area contributed by atoms with Gasteiger partial charge in [0.2, 0.25) is 0 Å². The molecule has 0 aromatic carbocycles. The number of quaternary nitrogens is 1. The molecule has 0 spiro atoms. The van der Waals surface area contributed by atoms with E-state index in [1.54, 1.807) is 0 Å². The molecule has 0 aromatic heterocycles. The number of carbonyl (C=O) groups excluding carboxylic acids is 3. The molecular weight excluding hydrogens is 875 g/mol. The summed E-state index contributed by atoms with van der Waals surface area (Å²) in [6.45, 7) is 4.53. The highest BCUT2D eigenvalue weighted by Gasteiger charge is 2.22. The van der Waals surface area contributed by atoms with Crippen molar-refractivity contribution in [3.05, 3.63) is 109 Å². The van der Waals surface area contributed by atoms with E-state index >= 15 is 0 Å². The third kappa shape index (κ3) is 51.8. The molecule has 398 valence electrons. The number of esters is 2. The van der Waals surface area contributed by atoms with Crippen LogP contribution in [0.25, 0.3) is 0 Å². The van der Waals surface area contributed by atoms with Crippen molar-refractivity contribution in [2.75, 3.05) is 47.5 Å². The van der Waals surface area contributed by atoms with Gasteiger partial charge in [0.15, 0.2) is 12.4 Å². The van der Waals surface area contributed by atoms with Crippen molar-refractivity contribution in [2.24, 2.45) is 0 Å². The predicted molar refractivity (Wildman–Crippen MR) is 292 cm³/mol. The zero-order valence-electron chi connectivity index (χ0n) is 45.1. The third-order valence-corrected chi connectivity index (χ3v) is 11.2. The van der Waals surface area contributed by atoms with Crippen LogP contribution in [-0.2, 0) is 33.3 Å². The van der Waals surface area contributed by atoms with Gasteiger partial charge in [0, 0.05) is 12.8 Å². The number of carboxylic acid groups (broad SMARTS) is 1. The second-order valence-corrected chi connectivity index (χ2v) is 19.1. The summed E-state index contributed by atoms with van der Waals surface area (Å²) in [6, 6.07) is 0. The first kappa shape index (κ1) is 66.0. The molecule has 9 nitrogen and oxygen atoms in total. The number of unbranched alkanes of at least 4 members (excludes halogenated alkanes) is 16. The minimum atomic E-state index is -1.63. The van der Waals surface area contributed by atoms with Gasteiger partial charge in [-0.1, -0.05) is 200 Å². The quantitative estimate of drug-likeness (QED) is 0.0195. The lowest BCUT2D eigenvalue weighted by Crippen LogP contribution is -2.44. The standard InChI is InChI=1S/C61H101NO8/c1-6-8-10-12-14-16-18-19-20-21-22-23-24-25-26-27-28-29-30-31-32-33-34-35-36-37-38-39-40-41-42-44-46-48-50-52-59(64)70-57(56-69-61(60(65)66)67-54-53-62(3,4)5)55-68-58(63)51-49-47-45-43-17-15-13-11-9-7-2/h8,10-11,13-14,16,19-20,22-23,25-26,28-29,31-32,34-35,57,61H,6-7,9,12,15,17-18,21,24,27,30,33,36-56H2,1-5H3/b10-8-,13-11-,16-14-,20-19-,23-22-,26-25-,29-28-,32-31-,35-34-. The van der Waals surface area contributed by atoms with Gasteiger partial charge in [-0.05, 0) is 96.3 Å². The fourth-order valence-corrected chi connectivity index (χ4v) is 7.02. The van der Waals surface area contributed by atoms with Crippen LogP contribution in [0, 0.1) is 0 Å². The zero-order valence-corrected chi connectivity index (χ0v) is 45.1. The van der Waals surface area contributed by atoms with Gasteiger partial charge in [-0.15, -0.1) is 0 Å². The molecule has 0 saturated heterocycles. The van der Waals surface area contributed by atoms with Gasteiger partial charge >= 0.3 is 11.9 Å². The minimum Gasteiger partial charge on any atom is -0.545 e. The van der Waals surface area contributed by atoms with E-state index in [1.165, 1.54) is 44.9 Å². The van der Waals surface area contributed by atoms with Gasteiger partial charge in [-0.3, -0.25) is 9.59 Å². The topological polar surface area (TPSA) is 111 Å². The van der Waals surface area contributed by atoms with Crippen LogP contribution in [-0.4, -0.2) is 82.3 Å². The highest BCUT2D eigenvalue weighted by atomic mass is 16.7. The molecule has 9 heteroatoms. The van der Waals surface area contributed by atoms with Gasteiger partial charge in [0.25, 0.3) is 0 Å². The molecule has 2 atom stereocenters. The van der Waals surface area contributed by atoms with Gasteiger partial charge in [0.05, 0.1) is 40.3 Å².